The molecule has 0 aromatic carbocycles. The van der Waals surface area contributed by atoms with Crippen LogP contribution in [0.3, 0.4) is 0 Å². The molecular formula is C10H16BNO. The maximum atomic E-state index is 11.1. The van der Waals surface area contributed by atoms with Crippen LogP contribution < -0.4 is 5.32 Å². The number of carbonyl (C=O) groups is 1. The zero-order valence-electron chi connectivity index (χ0n) is 8.55. The van der Waals surface area contributed by atoms with E-state index in [1.165, 1.54) is 18.3 Å². The Morgan fingerprint density at radius 3 is 2.54 bits per heavy atom. The molecule has 0 spiro atoms. The monoisotopic (exact) mass is 177 g/mol. The summed E-state index contributed by atoms with van der Waals surface area (Å²) in [6.45, 7) is 1.83. The van der Waals surface area contributed by atoms with Gasteiger partial charge >= 0.3 is 0 Å². The minimum atomic E-state index is -0.000142. The van der Waals surface area contributed by atoms with Gasteiger partial charge in [-0.3, -0.25) is 4.79 Å². The summed E-state index contributed by atoms with van der Waals surface area (Å²) in [5, 5.41) is 2.60. The van der Waals surface area contributed by atoms with Crippen LogP contribution in [0.2, 0.25) is 0 Å². The first kappa shape index (κ1) is 10.1. The molecule has 1 saturated carbocycles. The summed E-state index contributed by atoms with van der Waals surface area (Å²) < 4.78 is 0. The van der Waals surface area contributed by atoms with E-state index in [-0.39, 0.29) is 5.91 Å². The maximum absolute atomic E-state index is 11.1. The van der Waals surface area contributed by atoms with Crippen LogP contribution in [0.15, 0.2) is 23.2 Å². The number of amides is 1. The molecule has 2 nitrogen and oxygen atoms in total. The van der Waals surface area contributed by atoms with Crippen LogP contribution in [0.1, 0.15) is 19.8 Å². The molecule has 0 radical (unpaired) electrons. The van der Waals surface area contributed by atoms with Gasteiger partial charge in [0.05, 0.1) is 0 Å². The molecule has 0 heterocycles. The Labute approximate surface area is 80.5 Å². The fourth-order valence-electron chi connectivity index (χ4n) is 1.20. The number of nitrogens with one attached hydrogen (secondary N) is 1. The van der Waals surface area contributed by atoms with E-state index in [4.69, 9.17) is 0 Å². The highest BCUT2D eigenvalue weighted by molar-refractivity contribution is 6.22. The minimum Gasteiger partial charge on any atom is -0.355 e. The quantitative estimate of drug-likeness (QED) is 0.382. The van der Waals surface area contributed by atoms with Crippen molar-refractivity contribution >= 4 is 13.8 Å². The standard InChI is InChI=1S/C10H16BNO/c1-7(10(13)12-2)3-6-9(11)8-4-5-8/h3,6,8H,4-5,11H2,1-2H3,(H,12,13)/b7-3+,9-6+. The van der Waals surface area contributed by atoms with E-state index >= 15 is 0 Å². The lowest BCUT2D eigenvalue weighted by molar-refractivity contribution is -0.116. The summed E-state index contributed by atoms with van der Waals surface area (Å²) in [7, 11) is 3.78. The van der Waals surface area contributed by atoms with Crippen LogP contribution >= 0.6 is 0 Å². The highest BCUT2D eigenvalue weighted by Crippen LogP contribution is 2.34. The van der Waals surface area contributed by atoms with Crippen molar-refractivity contribution < 1.29 is 4.79 Å². The number of hydrogen-bond acceptors (Lipinski definition) is 1. The second-order valence-electron chi connectivity index (χ2n) is 3.61. The summed E-state index contributed by atoms with van der Waals surface area (Å²) in [6.07, 6.45) is 6.58. The normalized spacial score (nSPS) is 18.6. The van der Waals surface area contributed by atoms with Gasteiger partial charge in [-0.25, -0.2) is 0 Å². The summed E-state index contributed by atoms with van der Waals surface area (Å²) in [5.74, 6) is 0.786. The second kappa shape index (κ2) is 4.31. The summed E-state index contributed by atoms with van der Waals surface area (Å²) in [6, 6.07) is 0. The zero-order valence-corrected chi connectivity index (χ0v) is 8.55. The maximum Gasteiger partial charge on any atom is 0.246 e. The van der Waals surface area contributed by atoms with Gasteiger partial charge in [-0.05, 0) is 25.7 Å². The van der Waals surface area contributed by atoms with E-state index < -0.39 is 0 Å². The van der Waals surface area contributed by atoms with Gasteiger partial charge in [0, 0.05) is 12.6 Å². The highest BCUT2D eigenvalue weighted by atomic mass is 16.1. The summed E-state index contributed by atoms with van der Waals surface area (Å²) in [5.41, 5.74) is 2.16. The minimum absolute atomic E-state index is 0.000142. The third kappa shape index (κ3) is 3.09. The molecule has 1 N–H and O–H groups in total. The second-order valence-corrected chi connectivity index (χ2v) is 3.61. The van der Waals surface area contributed by atoms with Crippen LogP contribution in [0.25, 0.3) is 0 Å². The van der Waals surface area contributed by atoms with Crippen LogP contribution in [0.4, 0.5) is 0 Å². The molecule has 0 bridgehead atoms. The number of carbonyl (C=O) groups excluding carboxylic acids is 1. The zero-order chi connectivity index (χ0) is 9.84. The van der Waals surface area contributed by atoms with Gasteiger partial charge in [0.15, 0.2) is 0 Å². The smallest absolute Gasteiger partial charge is 0.246 e. The molecule has 0 aromatic rings. The molecule has 3 heteroatoms. The fourth-order valence-corrected chi connectivity index (χ4v) is 1.20. The number of allylic oxidation sites excluding steroid dienone is 3. The molecule has 1 rings (SSSR count). The molecule has 13 heavy (non-hydrogen) atoms. The summed E-state index contributed by atoms with van der Waals surface area (Å²) >= 11 is 0. The lowest BCUT2D eigenvalue weighted by atomic mass is 9.90. The van der Waals surface area contributed by atoms with E-state index in [0.717, 1.165) is 11.5 Å². The highest BCUT2D eigenvalue weighted by Gasteiger charge is 2.21. The Hall–Kier alpha value is -0.985. The SMILES string of the molecule is B/C(=C/C=C(\C)C(=O)NC)C1CC1. The predicted octanol–water partition coefficient (Wildman–Crippen LogP) is 0.606. The lowest BCUT2D eigenvalue weighted by Gasteiger charge is -1.97. The average molecular weight is 177 g/mol. The average Bonchev–Trinajstić information content (AvgIpc) is 2.95. The van der Waals surface area contributed by atoms with Crippen molar-refractivity contribution in [2.45, 2.75) is 19.8 Å². The molecule has 0 saturated heterocycles. The van der Waals surface area contributed by atoms with Crippen molar-refractivity contribution in [3.05, 3.63) is 23.2 Å². The first-order valence-corrected chi connectivity index (χ1v) is 4.72. The van der Waals surface area contributed by atoms with Gasteiger partial charge in [-0.1, -0.05) is 12.2 Å². The van der Waals surface area contributed by atoms with Gasteiger partial charge in [-0.15, -0.1) is 5.47 Å². The van der Waals surface area contributed by atoms with Crippen LogP contribution in [-0.4, -0.2) is 20.8 Å². The number of likely N-dealkylation sites (N-methyl/N-ethyl adjacent to an activating group) is 1. The first-order chi connectivity index (χ1) is 6.15. The van der Waals surface area contributed by atoms with E-state index in [1.807, 2.05) is 13.0 Å². The van der Waals surface area contributed by atoms with E-state index in [9.17, 15) is 4.79 Å². The van der Waals surface area contributed by atoms with E-state index in [2.05, 4.69) is 19.2 Å². The Kier molecular flexibility index (Phi) is 3.35. The fraction of sp³-hybridized carbons (Fsp3) is 0.500. The van der Waals surface area contributed by atoms with E-state index in [0.29, 0.717) is 0 Å². The molecule has 1 fully saturated rings. The Balaban J connectivity index is 2.54. The van der Waals surface area contributed by atoms with Gasteiger partial charge < -0.3 is 5.32 Å². The number of hydrogen-bond donors (Lipinski definition) is 1. The van der Waals surface area contributed by atoms with Crippen LogP contribution in [0.5, 0.6) is 0 Å². The van der Waals surface area contributed by atoms with Gasteiger partial charge in [0.1, 0.15) is 7.85 Å². The van der Waals surface area contributed by atoms with Crippen LogP contribution in [-0.2, 0) is 4.79 Å². The third-order valence-electron chi connectivity index (χ3n) is 2.40. The van der Waals surface area contributed by atoms with Crippen molar-refractivity contribution in [2.24, 2.45) is 5.92 Å². The van der Waals surface area contributed by atoms with Gasteiger partial charge in [0.25, 0.3) is 0 Å². The predicted molar refractivity (Wildman–Crippen MR) is 57.2 cm³/mol. The largest absolute Gasteiger partial charge is 0.355 e. The Morgan fingerprint density at radius 1 is 1.46 bits per heavy atom. The third-order valence-corrected chi connectivity index (χ3v) is 2.40. The lowest BCUT2D eigenvalue weighted by Crippen LogP contribution is -2.18. The summed E-state index contributed by atoms with van der Waals surface area (Å²) in [4.78, 5) is 11.1. The van der Waals surface area contributed by atoms with Crippen molar-refractivity contribution in [3.8, 4) is 0 Å². The van der Waals surface area contributed by atoms with Crippen molar-refractivity contribution in [2.75, 3.05) is 7.05 Å². The molecular weight excluding hydrogens is 161 g/mol. The van der Waals surface area contributed by atoms with Crippen LogP contribution in [0, 0.1) is 5.92 Å². The molecule has 0 atom stereocenters. The molecule has 0 aliphatic heterocycles. The van der Waals surface area contributed by atoms with Crippen molar-refractivity contribution in [1.29, 1.82) is 0 Å². The number of rotatable bonds is 3. The molecule has 1 aliphatic carbocycles. The molecule has 1 amide bonds. The van der Waals surface area contributed by atoms with Gasteiger partial charge in [0.2, 0.25) is 5.91 Å². The van der Waals surface area contributed by atoms with Gasteiger partial charge in [-0.2, -0.15) is 0 Å². The van der Waals surface area contributed by atoms with Crippen molar-refractivity contribution in [1.82, 2.24) is 5.32 Å². The molecule has 0 aromatic heterocycles. The first-order valence-electron chi connectivity index (χ1n) is 4.72. The van der Waals surface area contributed by atoms with E-state index in [1.54, 1.807) is 7.05 Å². The van der Waals surface area contributed by atoms with Crippen molar-refractivity contribution in [3.63, 3.8) is 0 Å². The Bertz CT molecular complexity index is 264. The Morgan fingerprint density at radius 2 is 2.08 bits per heavy atom. The molecule has 70 valence electrons. The molecule has 1 aliphatic rings. The molecule has 0 unspecified atom stereocenters. The topological polar surface area (TPSA) is 29.1 Å².